The van der Waals surface area contributed by atoms with Gasteiger partial charge in [0.25, 0.3) is 0 Å². The van der Waals surface area contributed by atoms with Gasteiger partial charge >= 0.3 is 5.97 Å². The zero-order valence-electron chi connectivity index (χ0n) is 10.5. The van der Waals surface area contributed by atoms with Gasteiger partial charge in [-0.25, -0.2) is 9.48 Å². The first kappa shape index (κ1) is 12.5. The number of aromatic nitrogens is 3. The highest BCUT2D eigenvalue weighted by atomic mass is 16.5. The van der Waals surface area contributed by atoms with Crippen molar-refractivity contribution in [3.05, 3.63) is 23.8 Å². The molecule has 2 rings (SSSR count). The van der Waals surface area contributed by atoms with Crippen LogP contribution in [0.15, 0.2) is 18.2 Å². The number of hydrogen-bond donors (Lipinski definition) is 1. The highest BCUT2D eigenvalue weighted by Gasteiger charge is 2.22. The number of carboxylic acids is 1. The Morgan fingerprint density at radius 1 is 1.50 bits per heavy atom. The number of aromatic carboxylic acids is 1. The van der Waals surface area contributed by atoms with Gasteiger partial charge in [-0.2, -0.15) is 0 Å². The number of carboxylic acid groups (broad SMARTS) is 1. The van der Waals surface area contributed by atoms with E-state index < -0.39 is 11.6 Å². The van der Waals surface area contributed by atoms with Gasteiger partial charge in [0.2, 0.25) is 0 Å². The van der Waals surface area contributed by atoms with Crippen molar-refractivity contribution < 1.29 is 14.6 Å². The number of nitrogens with zero attached hydrogens (tertiary/aromatic N) is 3. The van der Waals surface area contributed by atoms with E-state index in [4.69, 9.17) is 4.74 Å². The van der Waals surface area contributed by atoms with Crippen LogP contribution in [0.2, 0.25) is 0 Å². The lowest BCUT2D eigenvalue weighted by Gasteiger charge is -2.22. The summed E-state index contributed by atoms with van der Waals surface area (Å²) < 4.78 is 6.90. The molecule has 0 bridgehead atoms. The van der Waals surface area contributed by atoms with Crippen LogP contribution in [-0.4, -0.2) is 38.8 Å². The average molecular weight is 249 g/mol. The maximum atomic E-state index is 11.2. The van der Waals surface area contributed by atoms with Gasteiger partial charge in [0.15, 0.2) is 0 Å². The van der Waals surface area contributed by atoms with Gasteiger partial charge in [-0.05, 0) is 26.0 Å². The predicted octanol–water partition coefficient (Wildman–Crippen LogP) is 1.55. The van der Waals surface area contributed by atoms with E-state index in [2.05, 4.69) is 10.3 Å². The molecule has 0 fully saturated rings. The third kappa shape index (κ3) is 2.19. The number of benzene rings is 1. The Labute approximate surface area is 104 Å². The molecule has 1 N–H and O–H groups in total. The van der Waals surface area contributed by atoms with Crippen LogP contribution >= 0.6 is 0 Å². The van der Waals surface area contributed by atoms with Crippen molar-refractivity contribution >= 4 is 17.0 Å². The third-order valence-electron chi connectivity index (χ3n) is 2.85. The number of fused-ring (bicyclic) bond motifs is 1. The topological polar surface area (TPSA) is 77.2 Å². The SMILES string of the molecule is COC(C)(C)Cn1nnc2cccc(C(=O)O)c21. The molecule has 1 aromatic carbocycles. The largest absolute Gasteiger partial charge is 0.478 e. The van der Waals surface area contributed by atoms with E-state index in [0.29, 0.717) is 17.6 Å². The second-order valence-corrected chi connectivity index (χ2v) is 4.69. The Kier molecular flexibility index (Phi) is 3.04. The molecule has 0 spiro atoms. The molecule has 2 aromatic rings. The molecule has 0 atom stereocenters. The van der Waals surface area contributed by atoms with Gasteiger partial charge in [-0.1, -0.05) is 11.3 Å². The molecule has 1 heterocycles. The van der Waals surface area contributed by atoms with Gasteiger partial charge in [0, 0.05) is 7.11 Å². The highest BCUT2D eigenvalue weighted by Crippen LogP contribution is 2.19. The van der Waals surface area contributed by atoms with Crippen LogP contribution in [0.25, 0.3) is 11.0 Å². The summed E-state index contributed by atoms with van der Waals surface area (Å²) in [7, 11) is 1.61. The molecule has 0 unspecified atom stereocenters. The Hall–Kier alpha value is -1.95. The van der Waals surface area contributed by atoms with E-state index >= 15 is 0 Å². The number of ether oxygens (including phenoxy) is 1. The standard InChI is InChI=1S/C12H15N3O3/c1-12(2,18-3)7-15-10-8(11(16)17)5-4-6-9(10)13-14-15/h4-6H,7H2,1-3H3,(H,16,17). The molecular weight excluding hydrogens is 234 g/mol. The summed E-state index contributed by atoms with van der Waals surface area (Å²) in [5.74, 6) is -0.987. The molecule has 0 saturated heterocycles. The number of hydrogen-bond acceptors (Lipinski definition) is 4. The zero-order chi connectivity index (χ0) is 13.3. The normalized spacial score (nSPS) is 11.9. The van der Waals surface area contributed by atoms with Crippen molar-refractivity contribution in [2.45, 2.75) is 26.0 Å². The zero-order valence-corrected chi connectivity index (χ0v) is 10.5. The Bertz CT molecular complexity index is 589. The molecule has 18 heavy (non-hydrogen) atoms. The lowest BCUT2D eigenvalue weighted by atomic mass is 10.1. The minimum absolute atomic E-state index is 0.199. The smallest absolute Gasteiger partial charge is 0.337 e. The molecule has 0 amide bonds. The Morgan fingerprint density at radius 2 is 2.22 bits per heavy atom. The molecule has 0 aliphatic carbocycles. The van der Waals surface area contributed by atoms with Crippen molar-refractivity contribution in [3.8, 4) is 0 Å². The van der Waals surface area contributed by atoms with Crippen LogP contribution in [-0.2, 0) is 11.3 Å². The molecule has 0 radical (unpaired) electrons. The van der Waals surface area contributed by atoms with E-state index in [-0.39, 0.29) is 5.56 Å². The number of rotatable bonds is 4. The van der Waals surface area contributed by atoms with Crippen molar-refractivity contribution in [2.75, 3.05) is 7.11 Å². The quantitative estimate of drug-likeness (QED) is 0.889. The van der Waals surface area contributed by atoms with Gasteiger partial charge < -0.3 is 9.84 Å². The monoisotopic (exact) mass is 249 g/mol. The molecule has 6 heteroatoms. The predicted molar refractivity (Wildman–Crippen MR) is 65.6 cm³/mol. The van der Waals surface area contributed by atoms with Crippen molar-refractivity contribution in [1.82, 2.24) is 15.0 Å². The lowest BCUT2D eigenvalue weighted by Crippen LogP contribution is -2.29. The summed E-state index contributed by atoms with van der Waals surface area (Å²) in [4.78, 5) is 11.2. The van der Waals surface area contributed by atoms with E-state index in [1.54, 1.807) is 30.0 Å². The van der Waals surface area contributed by atoms with E-state index in [1.165, 1.54) is 0 Å². The fourth-order valence-electron chi connectivity index (χ4n) is 1.74. The Morgan fingerprint density at radius 3 is 2.83 bits per heavy atom. The third-order valence-corrected chi connectivity index (χ3v) is 2.85. The van der Waals surface area contributed by atoms with E-state index in [9.17, 15) is 9.90 Å². The summed E-state index contributed by atoms with van der Waals surface area (Å²) in [6.07, 6.45) is 0. The summed E-state index contributed by atoms with van der Waals surface area (Å²) in [5, 5.41) is 17.2. The summed E-state index contributed by atoms with van der Waals surface area (Å²) in [6.45, 7) is 4.25. The fourth-order valence-corrected chi connectivity index (χ4v) is 1.74. The lowest BCUT2D eigenvalue weighted by molar-refractivity contribution is 0.00594. The maximum Gasteiger partial charge on any atom is 0.337 e. The number of methoxy groups -OCH3 is 1. The average Bonchev–Trinajstić information content (AvgIpc) is 2.72. The first-order chi connectivity index (χ1) is 8.44. The fraction of sp³-hybridized carbons (Fsp3) is 0.417. The van der Waals surface area contributed by atoms with Crippen LogP contribution in [0, 0.1) is 0 Å². The van der Waals surface area contributed by atoms with Crippen LogP contribution in [0.4, 0.5) is 0 Å². The molecule has 96 valence electrons. The second-order valence-electron chi connectivity index (χ2n) is 4.69. The summed E-state index contributed by atoms with van der Waals surface area (Å²) in [5.41, 5.74) is 0.855. The van der Waals surface area contributed by atoms with Gasteiger partial charge in [-0.3, -0.25) is 0 Å². The van der Waals surface area contributed by atoms with Crippen LogP contribution in [0.3, 0.4) is 0 Å². The first-order valence-corrected chi connectivity index (χ1v) is 5.55. The van der Waals surface area contributed by atoms with Crippen LogP contribution < -0.4 is 0 Å². The van der Waals surface area contributed by atoms with Gasteiger partial charge in [0.1, 0.15) is 11.0 Å². The molecular formula is C12H15N3O3. The van der Waals surface area contributed by atoms with Gasteiger partial charge in [0.05, 0.1) is 17.7 Å². The molecule has 6 nitrogen and oxygen atoms in total. The molecule has 0 aliphatic heterocycles. The van der Waals surface area contributed by atoms with Crippen molar-refractivity contribution in [3.63, 3.8) is 0 Å². The van der Waals surface area contributed by atoms with E-state index in [0.717, 1.165) is 0 Å². The molecule has 0 aliphatic rings. The summed E-state index contributed by atoms with van der Waals surface area (Å²) >= 11 is 0. The van der Waals surface area contributed by atoms with Crippen LogP contribution in [0.5, 0.6) is 0 Å². The number of para-hydroxylation sites is 1. The minimum atomic E-state index is -0.987. The second kappa shape index (κ2) is 4.38. The minimum Gasteiger partial charge on any atom is -0.478 e. The highest BCUT2D eigenvalue weighted by molar-refractivity contribution is 6.00. The van der Waals surface area contributed by atoms with Crippen molar-refractivity contribution in [2.24, 2.45) is 0 Å². The Balaban J connectivity index is 2.55. The van der Waals surface area contributed by atoms with Crippen molar-refractivity contribution in [1.29, 1.82) is 0 Å². The molecule has 0 saturated carbocycles. The number of carbonyl (C=O) groups is 1. The van der Waals surface area contributed by atoms with E-state index in [1.807, 2.05) is 13.8 Å². The first-order valence-electron chi connectivity index (χ1n) is 5.55. The van der Waals surface area contributed by atoms with Gasteiger partial charge in [-0.15, -0.1) is 5.10 Å². The molecule has 1 aromatic heterocycles. The summed E-state index contributed by atoms with van der Waals surface area (Å²) in [6, 6.07) is 4.95. The maximum absolute atomic E-state index is 11.2. The van der Waals surface area contributed by atoms with Crippen LogP contribution in [0.1, 0.15) is 24.2 Å².